The number of thiophene rings is 1. The number of hydrogen-bond acceptors (Lipinski definition) is 5. The highest BCUT2D eigenvalue weighted by molar-refractivity contribution is 7.10. The van der Waals surface area contributed by atoms with Crippen LogP contribution in [0.15, 0.2) is 77.9 Å². The number of benzene rings is 2. The second-order valence-corrected chi connectivity index (χ2v) is 8.29. The summed E-state index contributed by atoms with van der Waals surface area (Å²) < 4.78 is 8.55. The largest absolute Gasteiger partial charge is 0.480 e. The zero-order valence-corrected chi connectivity index (χ0v) is 16.6. The highest BCUT2D eigenvalue weighted by atomic mass is 32.1. The van der Waals surface area contributed by atoms with Crippen molar-refractivity contribution in [2.45, 2.75) is 19.1 Å². The second kappa shape index (κ2) is 6.32. The molecule has 0 amide bonds. The summed E-state index contributed by atoms with van der Waals surface area (Å²) in [5, 5.41) is 10.2. The zero-order valence-electron chi connectivity index (χ0n) is 15.7. The van der Waals surface area contributed by atoms with Gasteiger partial charge in [0.25, 0.3) is 0 Å². The Hall–Kier alpha value is -3.38. The predicted molar refractivity (Wildman–Crippen MR) is 114 cm³/mol. The van der Waals surface area contributed by atoms with Crippen LogP contribution in [-0.2, 0) is 0 Å². The van der Waals surface area contributed by atoms with Crippen LogP contribution in [0.3, 0.4) is 0 Å². The molecule has 142 valence electrons. The summed E-state index contributed by atoms with van der Waals surface area (Å²) in [6.45, 7) is 2.10. The first-order valence-electron chi connectivity index (χ1n) is 9.56. The number of anilines is 1. The average molecular weight is 398 g/mol. The molecular weight excluding hydrogens is 380 g/mol. The number of ether oxygens (including phenoxy) is 1. The molecule has 5 nitrogen and oxygen atoms in total. The lowest BCUT2D eigenvalue weighted by Crippen LogP contribution is -2.32. The SMILES string of the molecule is Cc1ccc2c(c1)C1=C([C@@H](c3cccs3)O2)[C@@H](c2ccccc2)n2ncnc2N1. The van der Waals surface area contributed by atoms with Crippen molar-refractivity contribution in [2.24, 2.45) is 0 Å². The molecular formula is C23H18N4OS. The Morgan fingerprint density at radius 3 is 2.79 bits per heavy atom. The van der Waals surface area contributed by atoms with Gasteiger partial charge in [-0.3, -0.25) is 0 Å². The molecule has 0 aliphatic carbocycles. The second-order valence-electron chi connectivity index (χ2n) is 7.31. The number of fused-ring (bicyclic) bond motifs is 3. The van der Waals surface area contributed by atoms with Gasteiger partial charge in [0.15, 0.2) is 6.10 Å². The maximum absolute atomic E-state index is 6.60. The number of nitrogens with zero attached hydrogens (tertiary/aromatic N) is 3. The Balaban J connectivity index is 1.66. The Labute approximate surface area is 172 Å². The van der Waals surface area contributed by atoms with E-state index in [0.29, 0.717) is 0 Å². The van der Waals surface area contributed by atoms with E-state index in [-0.39, 0.29) is 12.1 Å². The van der Waals surface area contributed by atoms with Gasteiger partial charge in [0.1, 0.15) is 18.1 Å². The van der Waals surface area contributed by atoms with Crippen molar-refractivity contribution < 1.29 is 4.74 Å². The van der Waals surface area contributed by atoms with Gasteiger partial charge < -0.3 is 10.1 Å². The van der Waals surface area contributed by atoms with Gasteiger partial charge in [0.2, 0.25) is 5.95 Å². The summed E-state index contributed by atoms with van der Waals surface area (Å²) in [6, 6.07) is 20.9. The first kappa shape index (κ1) is 16.6. The molecule has 2 aromatic heterocycles. The number of nitrogens with one attached hydrogen (secondary N) is 1. The van der Waals surface area contributed by atoms with E-state index < -0.39 is 0 Å². The van der Waals surface area contributed by atoms with Crippen LogP contribution in [0.4, 0.5) is 5.95 Å². The van der Waals surface area contributed by atoms with Gasteiger partial charge in [0, 0.05) is 16.0 Å². The molecule has 6 rings (SSSR count). The quantitative estimate of drug-likeness (QED) is 0.504. The van der Waals surface area contributed by atoms with Crippen LogP contribution in [0.25, 0.3) is 5.70 Å². The molecule has 0 unspecified atom stereocenters. The summed E-state index contributed by atoms with van der Waals surface area (Å²) in [4.78, 5) is 5.65. The molecule has 0 bridgehead atoms. The Bertz CT molecular complexity index is 1230. The number of aromatic nitrogens is 3. The molecule has 29 heavy (non-hydrogen) atoms. The fourth-order valence-electron chi connectivity index (χ4n) is 4.22. The smallest absolute Gasteiger partial charge is 0.226 e. The van der Waals surface area contributed by atoms with Gasteiger partial charge in [-0.05, 0) is 36.1 Å². The van der Waals surface area contributed by atoms with E-state index in [1.165, 1.54) is 10.4 Å². The molecule has 0 fully saturated rings. The van der Waals surface area contributed by atoms with E-state index in [9.17, 15) is 0 Å². The van der Waals surface area contributed by atoms with E-state index in [0.717, 1.165) is 34.1 Å². The number of rotatable bonds is 2. The predicted octanol–water partition coefficient (Wildman–Crippen LogP) is 5.21. The van der Waals surface area contributed by atoms with Crippen molar-refractivity contribution in [3.8, 4) is 5.75 Å². The van der Waals surface area contributed by atoms with E-state index in [2.05, 4.69) is 82.3 Å². The third kappa shape index (κ3) is 2.53. The third-order valence-corrected chi connectivity index (χ3v) is 6.40. The van der Waals surface area contributed by atoms with Crippen molar-refractivity contribution in [2.75, 3.05) is 5.32 Å². The van der Waals surface area contributed by atoms with Gasteiger partial charge in [0.05, 0.1) is 5.70 Å². The van der Waals surface area contributed by atoms with Crippen LogP contribution in [0.5, 0.6) is 5.75 Å². The fraction of sp³-hybridized carbons (Fsp3) is 0.130. The van der Waals surface area contributed by atoms with Crippen molar-refractivity contribution in [3.63, 3.8) is 0 Å². The lowest BCUT2D eigenvalue weighted by Gasteiger charge is -2.38. The maximum Gasteiger partial charge on any atom is 0.226 e. The molecule has 2 aliphatic rings. The minimum Gasteiger partial charge on any atom is -0.480 e. The van der Waals surface area contributed by atoms with E-state index >= 15 is 0 Å². The molecule has 0 radical (unpaired) electrons. The van der Waals surface area contributed by atoms with Crippen molar-refractivity contribution in [1.82, 2.24) is 14.8 Å². The van der Waals surface area contributed by atoms with Crippen molar-refractivity contribution in [3.05, 3.63) is 99.5 Å². The van der Waals surface area contributed by atoms with E-state index in [1.807, 2.05) is 10.7 Å². The average Bonchev–Trinajstić information content (AvgIpc) is 3.44. The lowest BCUT2D eigenvalue weighted by atomic mass is 9.86. The van der Waals surface area contributed by atoms with Gasteiger partial charge in [-0.2, -0.15) is 10.1 Å². The summed E-state index contributed by atoms with van der Waals surface area (Å²) >= 11 is 1.71. The fourth-order valence-corrected chi connectivity index (χ4v) is 4.99. The van der Waals surface area contributed by atoms with Gasteiger partial charge >= 0.3 is 0 Å². The van der Waals surface area contributed by atoms with Gasteiger partial charge in [-0.15, -0.1) is 11.3 Å². The van der Waals surface area contributed by atoms with Crippen LogP contribution in [-0.4, -0.2) is 14.8 Å². The van der Waals surface area contributed by atoms with Crippen molar-refractivity contribution in [1.29, 1.82) is 0 Å². The van der Waals surface area contributed by atoms with Crippen LogP contribution in [0.2, 0.25) is 0 Å². The summed E-state index contributed by atoms with van der Waals surface area (Å²) in [7, 11) is 0. The van der Waals surface area contributed by atoms with Crippen molar-refractivity contribution >= 4 is 23.0 Å². The van der Waals surface area contributed by atoms with E-state index in [1.54, 1.807) is 17.7 Å². The highest BCUT2D eigenvalue weighted by Gasteiger charge is 2.41. The molecule has 6 heteroatoms. The molecule has 2 aromatic carbocycles. The molecule has 0 spiro atoms. The number of aryl methyl sites for hydroxylation is 1. The normalized spacial score (nSPS) is 19.6. The van der Waals surface area contributed by atoms with Gasteiger partial charge in [-0.1, -0.05) is 48.0 Å². The summed E-state index contributed by atoms with van der Waals surface area (Å²) in [5.74, 6) is 1.64. The van der Waals surface area contributed by atoms with Crippen LogP contribution >= 0.6 is 11.3 Å². The topological polar surface area (TPSA) is 52.0 Å². The molecule has 2 aliphatic heterocycles. The minimum atomic E-state index is -0.185. The van der Waals surface area contributed by atoms with Crippen LogP contribution in [0.1, 0.15) is 33.7 Å². The first-order valence-corrected chi connectivity index (χ1v) is 10.4. The highest BCUT2D eigenvalue weighted by Crippen LogP contribution is 2.51. The molecule has 4 aromatic rings. The minimum absolute atomic E-state index is 0.0919. The zero-order chi connectivity index (χ0) is 19.4. The molecule has 0 saturated heterocycles. The third-order valence-electron chi connectivity index (χ3n) is 5.49. The summed E-state index contributed by atoms with van der Waals surface area (Å²) in [6.07, 6.45) is 1.42. The van der Waals surface area contributed by atoms with Gasteiger partial charge in [-0.25, -0.2) is 4.68 Å². The molecule has 4 heterocycles. The van der Waals surface area contributed by atoms with E-state index in [4.69, 9.17) is 4.74 Å². The Kier molecular flexibility index (Phi) is 3.61. The van der Waals surface area contributed by atoms with Crippen LogP contribution in [0, 0.1) is 6.92 Å². The molecule has 1 N–H and O–H groups in total. The monoisotopic (exact) mass is 398 g/mol. The Morgan fingerprint density at radius 1 is 1.07 bits per heavy atom. The standard InChI is InChI=1S/C23H18N4OS/c1-14-9-10-17-16(12-14)20-19(22(28-17)18-8-5-11-29-18)21(15-6-3-2-4-7-15)27-23(26-20)24-13-25-27/h2-13,21-22H,1H3,(H,24,25,26)/t21-,22-/m1/s1. The Morgan fingerprint density at radius 2 is 1.97 bits per heavy atom. The molecule has 2 atom stereocenters. The maximum atomic E-state index is 6.60. The first-order chi connectivity index (χ1) is 14.3. The molecule has 0 saturated carbocycles. The lowest BCUT2D eigenvalue weighted by molar-refractivity contribution is 0.226. The summed E-state index contributed by atoms with van der Waals surface area (Å²) in [5.41, 5.74) is 5.66. The van der Waals surface area contributed by atoms with Crippen LogP contribution < -0.4 is 10.1 Å². The number of hydrogen-bond donors (Lipinski definition) is 1.